The number of H-pyrrole nitrogens is 1. The van der Waals surface area contributed by atoms with Gasteiger partial charge in [0.1, 0.15) is 11.6 Å². The summed E-state index contributed by atoms with van der Waals surface area (Å²) in [5.41, 5.74) is 2.08. The van der Waals surface area contributed by atoms with Gasteiger partial charge in [0.25, 0.3) is 5.56 Å². The maximum absolute atomic E-state index is 14.0. The van der Waals surface area contributed by atoms with Crippen LogP contribution in [0.5, 0.6) is 0 Å². The number of anilines is 1. The van der Waals surface area contributed by atoms with Gasteiger partial charge < -0.3 is 10.3 Å². The smallest absolute Gasteiger partial charge is 0.257 e. The van der Waals surface area contributed by atoms with Gasteiger partial charge in [-0.1, -0.05) is 37.7 Å². The topological polar surface area (TPSA) is 74.8 Å². The number of hydrogen-bond acceptors (Lipinski definition) is 5. The lowest BCUT2D eigenvalue weighted by Crippen LogP contribution is -2.32. The van der Waals surface area contributed by atoms with E-state index in [9.17, 15) is 14.0 Å². The number of aromatic nitrogens is 2. The first kappa shape index (κ1) is 19.9. The minimum atomic E-state index is -0.601. The molecule has 0 radical (unpaired) electrons. The number of benzene rings is 1. The molecule has 0 bridgehead atoms. The van der Waals surface area contributed by atoms with Crippen LogP contribution >= 0.6 is 11.8 Å². The summed E-state index contributed by atoms with van der Waals surface area (Å²) in [5, 5.41) is 3.81. The van der Waals surface area contributed by atoms with Gasteiger partial charge in [-0.15, -0.1) is 0 Å². The lowest BCUT2D eigenvalue weighted by atomic mass is 9.76. The van der Waals surface area contributed by atoms with Crippen molar-refractivity contribution >= 4 is 23.4 Å². The number of halogens is 1. The lowest BCUT2D eigenvalue weighted by Gasteiger charge is -2.32. The van der Waals surface area contributed by atoms with Gasteiger partial charge in [0.05, 0.1) is 5.56 Å². The van der Waals surface area contributed by atoms with Gasteiger partial charge in [0.2, 0.25) is 0 Å². The zero-order valence-electron chi connectivity index (χ0n) is 16.5. The van der Waals surface area contributed by atoms with Crippen molar-refractivity contribution in [3.63, 3.8) is 0 Å². The molecular weight excluding hydrogens is 389 g/mol. The van der Waals surface area contributed by atoms with Crippen molar-refractivity contribution in [3.8, 4) is 0 Å². The number of hydrogen-bond donors (Lipinski definition) is 2. The Bertz CT molecular complexity index is 1040. The SMILES string of the molecule is CC(C)CCSc1nc2c(c(=O)[nH]1)[C@H](c1cccc(F)c1)C1=C(CCCC1=O)N2. The zero-order chi connectivity index (χ0) is 20.5. The number of fused-ring (bicyclic) bond motifs is 1. The molecule has 1 aromatic carbocycles. The van der Waals surface area contributed by atoms with E-state index in [1.54, 1.807) is 12.1 Å². The van der Waals surface area contributed by atoms with Crippen LogP contribution in [0.3, 0.4) is 0 Å². The molecule has 1 aliphatic heterocycles. The largest absolute Gasteiger partial charge is 0.343 e. The molecule has 4 rings (SSSR count). The summed E-state index contributed by atoms with van der Waals surface area (Å²) in [6.07, 6.45) is 2.94. The number of nitrogens with zero attached hydrogens (tertiary/aromatic N) is 1. The van der Waals surface area contributed by atoms with E-state index in [2.05, 4.69) is 29.1 Å². The lowest BCUT2D eigenvalue weighted by molar-refractivity contribution is -0.116. The third-order valence-corrected chi connectivity index (χ3v) is 6.26. The highest BCUT2D eigenvalue weighted by molar-refractivity contribution is 7.99. The van der Waals surface area contributed by atoms with E-state index in [4.69, 9.17) is 0 Å². The maximum atomic E-state index is 14.0. The van der Waals surface area contributed by atoms with Gasteiger partial charge >= 0.3 is 0 Å². The molecule has 0 unspecified atom stereocenters. The minimum absolute atomic E-state index is 0.00782. The fourth-order valence-corrected chi connectivity index (χ4v) is 5.02. The highest BCUT2D eigenvalue weighted by atomic mass is 32.2. The van der Waals surface area contributed by atoms with Crippen molar-refractivity contribution in [3.05, 3.63) is 62.8 Å². The van der Waals surface area contributed by atoms with Crippen molar-refractivity contribution in [1.29, 1.82) is 0 Å². The molecule has 1 atom stereocenters. The second-order valence-corrected chi connectivity index (χ2v) is 9.03. The molecule has 1 aliphatic carbocycles. The number of nitrogens with one attached hydrogen (secondary N) is 2. The summed E-state index contributed by atoms with van der Waals surface area (Å²) in [6.45, 7) is 4.31. The Morgan fingerprint density at radius 2 is 2.10 bits per heavy atom. The molecule has 2 N–H and O–H groups in total. The predicted octanol–water partition coefficient (Wildman–Crippen LogP) is 4.61. The van der Waals surface area contributed by atoms with Gasteiger partial charge in [-0.2, -0.15) is 0 Å². The number of ketones is 1. The number of allylic oxidation sites excluding steroid dienone is 2. The maximum Gasteiger partial charge on any atom is 0.257 e. The fourth-order valence-electron chi connectivity index (χ4n) is 3.92. The van der Waals surface area contributed by atoms with Crippen LogP contribution < -0.4 is 10.9 Å². The van der Waals surface area contributed by atoms with Crippen molar-refractivity contribution in [2.45, 2.75) is 50.6 Å². The van der Waals surface area contributed by atoms with Crippen LogP contribution in [0.4, 0.5) is 10.2 Å². The third kappa shape index (κ3) is 4.01. The molecule has 2 aliphatic rings. The second-order valence-electron chi connectivity index (χ2n) is 7.95. The Kier molecular flexibility index (Phi) is 5.58. The van der Waals surface area contributed by atoms with Crippen LogP contribution in [-0.2, 0) is 4.79 Å². The first-order valence-corrected chi connectivity index (χ1v) is 11.0. The zero-order valence-corrected chi connectivity index (χ0v) is 17.4. The number of carbonyl (C=O) groups is 1. The molecule has 152 valence electrons. The van der Waals surface area contributed by atoms with E-state index in [1.807, 2.05) is 0 Å². The molecule has 2 heterocycles. The van der Waals surface area contributed by atoms with Crippen molar-refractivity contribution in [2.24, 2.45) is 5.92 Å². The van der Waals surface area contributed by atoms with Crippen LogP contribution in [0, 0.1) is 11.7 Å². The van der Waals surface area contributed by atoms with Crippen molar-refractivity contribution in [1.82, 2.24) is 9.97 Å². The standard InChI is InChI=1S/C22H24FN3O2S/c1-12(2)9-10-29-22-25-20-19(21(28)26-22)17(13-5-3-6-14(23)11-13)18-15(24-20)7-4-8-16(18)27/h3,5-6,11-12,17H,4,7-10H2,1-2H3,(H2,24,25,26,28)/t17-/m1/s1. The molecule has 0 saturated carbocycles. The highest BCUT2D eigenvalue weighted by Gasteiger charge is 2.37. The summed E-state index contributed by atoms with van der Waals surface area (Å²) in [6, 6.07) is 6.13. The number of thioether (sulfide) groups is 1. The van der Waals surface area contributed by atoms with E-state index < -0.39 is 11.7 Å². The first-order chi connectivity index (χ1) is 13.9. The van der Waals surface area contributed by atoms with Crippen LogP contribution in [0.15, 0.2) is 45.5 Å². The molecule has 0 spiro atoms. The minimum Gasteiger partial charge on any atom is -0.343 e. The van der Waals surface area contributed by atoms with E-state index in [1.165, 1.54) is 23.9 Å². The Balaban J connectivity index is 1.81. The summed E-state index contributed by atoms with van der Waals surface area (Å²) in [5.74, 6) is 0.924. The first-order valence-electron chi connectivity index (χ1n) is 9.99. The summed E-state index contributed by atoms with van der Waals surface area (Å²) in [4.78, 5) is 33.3. The molecule has 1 aromatic heterocycles. The molecule has 7 heteroatoms. The average Bonchev–Trinajstić information content (AvgIpc) is 2.66. The molecule has 0 fully saturated rings. The van der Waals surface area contributed by atoms with Crippen LogP contribution in [0.2, 0.25) is 0 Å². The van der Waals surface area contributed by atoms with E-state index in [-0.39, 0.29) is 11.3 Å². The van der Waals surface area contributed by atoms with Crippen LogP contribution in [0.25, 0.3) is 0 Å². The van der Waals surface area contributed by atoms with Crippen molar-refractivity contribution < 1.29 is 9.18 Å². The Morgan fingerprint density at radius 1 is 1.28 bits per heavy atom. The van der Waals surface area contributed by atoms with Crippen LogP contribution in [-0.4, -0.2) is 21.5 Å². The third-order valence-electron chi connectivity index (χ3n) is 5.35. The molecule has 2 aromatic rings. The molecule has 0 saturated heterocycles. The summed E-state index contributed by atoms with van der Waals surface area (Å²) >= 11 is 1.52. The highest BCUT2D eigenvalue weighted by Crippen LogP contribution is 2.43. The van der Waals surface area contributed by atoms with E-state index >= 15 is 0 Å². The second kappa shape index (κ2) is 8.14. The number of aromatic amines is 1. The van der Waals surface area contributed by atoms with Gasteiger partial charge in [-0.05, 0) is 42.9 Å². The van der Waals surface area contributed by atoms with Gasteiger partial charge in [0.15, 0.2) is 10.9 Å². The van der Waals surface area contributed by atoms with Gasteiger partial charge in [-0.25, -0.2) is 9.37 Å². The molecule has 5 nitrogen and oxygen atoms in total. The number of carbonyl (C=O) groups excluding carboxylic acids is 1. The summed E-state index contributed by atoms with van der Waals surface area (Å²) in [7, 11) is 0. The van der Waals surface area contributed by atoms with E-state index in [0.29, 0.717) is 40.0 Å². The number of Topliss-reactive ketones (excluding diaryl/α,β-unsaturated/α-hetero) is 1. The van der Waals surface area contributed by atoms with Crippen molar-refractivity contribution in [2.75, 3.05) is 11.1 Å². The Hall–Kier alpha value is -2.41. The van der Waals surface area contributed by atoms with Crippen LogP contribution in [0.1, 0.15) is 56.6 Å². The molecule has 29 heavy (non-hydrogen) atoms. The normalized spacial score (nSPS) is 18.5. The Morgan fingerprint density at radius 3 is 2.86 bits per heavy atom. The quantitative estimate of drug-likeness (QED) is 0.553. The molecule has 0 amide bonds. The Labute approximate surface area is 173 Å². The van der Waals surface area contributed by atoms with Gasteiger partial charge in [-0.3, -0.25) is 9.59 Å². The van der Waals surface area contributed by atoms with E-state index in [0.717, 1.165) is 30.7 Å². The number of rotatable bonds is 5. The summed E-state index contributed by atoms with van der Waals surface area (Å²) < 4.78 is 14.0. The van der Waals surface area contributed by atoms with Gasteiger partial charge in [0, 0.05) is 29.4 Å². The predicted molar refractivity (Wildman–Crippen MR) is 113 cm³/mol. The molecular formula is C22H24FN3O2S. The monoisotopic (exact) mass is 413 g/mol. The average molecular weight is 414 g/mol. The fraction of sp³-hybridized carbons (Fsp3) is 0.409.